The summed E-state index contributed by atoms with van der Waals surface area (Å²) in [7, 11) is 0. The van der Waals surface area contributed by atoms with Crippen LogP contribution in [0.1, 0.15) is 10.4 Å². The van der Waals surface area contributed by atoms with Gasteiger partial charge in [-0.3, -0.25) is 9.78 Å². The van der Waals surface area contributed by atoms with Gasteiger partial charge in [0.2, 0.25) is 5.91 Å². The van der Waals surface area contributed by atoms with Crippen LogP contribution in [-0.4, -0.2) is 10.9 Å². The van der Waals surface area contributed by atoms with Gasteiger partial charge in [0, 0.05) is 16.8 Å². The van der Waals surface area contributed by atoms with Gasteiger partial charge in [-0.05, 0) is 24.3 Å². The molecule has 0 radical (unpaired) electrons. The second-order valence-electron chi connectivity index (χ2n) is 3.30. The number of amides is 1. The standard InChI is InChI=1S/C12H9ClN2O/c13-10-4-1-8(2-5-10)11-6-3-9(7-15-11)12(14)16/h1-7H,(H2,14,16). The van der Waals surface area contributed by atoms with E-state index in [2.05, 4.69) is 4.98 Å². The lowest BCUT2D eigenvalue weighted by Gasteiger charge is -2.01. The summed E-state index contributed by atoms with van der Waals surface area (Å²) < 4.78 is 0. The van der Waals surface area contributed by atoms with Gasteiger partial charge in [-0.2, -0.15) is 0 Å². The maximum absolute atomic E-state index is 10.9. The van der Waals surface area contributed by atoms with Crippen LogP contribution in [0.5, 0.6) is 0 Å². The first kappa shape index (κ1) is 10.6. The fourth-order valence-corrected chi connectivity index (χ4v) is 1.46. The number of carbonyl (C=O) groups excluding carboxylic acids is 1. The van der Waals surface area contributed by atoms with Gasteiger partial charge in [0.1, 0.15) is 0 Å². The maximum Gasteiger partial charge on any atom is 0.250 e. The fourth-order valence-electron chi connectivity index (χ4n) is 1.33. The Hall–Kier alpha value is -1.87. The number of aromatic nitrogens is 1. The van der Waals surface area contributed by atoms with E-state index in [9.17, 15) is 4.79 Å². The van der Waals surface area contributed by atoms with Crippen molar-refractivity contribution in [2.24, 2.45) is 5.73 Å². The van der Waals surface area contributed by atoms with Crippen molar-refractivity contribution >= 4 is 17.5 Å². The van der Waals surface area contributed by atoms with Crippen LogP contribution < -0.4 is 5.73 Å². The molecule has 2 N–H and O–H groups in total. The monoisotopic (exact) mass is 232 g/mol. The molecule has 0 saturated carbocycles. The molecule has 1 heterocycles. The molecule has 0 spiro atoms. The molecule has 2 aromatic rings. The minimum absolute atomic E-state index is 0.401. The molecule has 0 aliphatic heterocycles. The zero-order valence-electron chi connectivity index (χ0n) is 8.35. The maximum atomic E-state index is 10.9. The van der Waals surface area contributed by atoms with Crippen LogP contribution in [0.4, 0.5) is 0 Å². The van der Waals surface area contributed by atoms with Crippen LogP contribution in [0.15, 0.2) is 42.6 Å². The lowest BCUT2D eigenvalue weighted by molar-refractivity contribution is 0.1000. The van der Waals surface area contributed by atoms with E-state index in [1.54, 1.807) is 24.3 Å². The summed E-state index contributed by atoms with van der Waals surface area (Å²) in [6.45, 7) is 0. The quantitative estimate of drug-likeness (QED) is 0.865. The lowest BCUT2D eigenvalue weighted by Crippen LogP contribution is -2.10. The van der Waals surface area contributed by atoms with E-state index in [1.807, 2.05) is 12.1 Å². The van der Waals surface area contributed by atoms with Crippen LogP contribution in [0.3, 0.4) is 0 Å². The van der Waals surface area contributed by atoms with Crippen LogP contribution in [0, 0.1) is 0 Å². The zero-order valence-corrected chi connectivity index (χ0v) is 9.11. The third kappa shape index (κ3) is 2.20. The molecule has 4 heteroatoms. The largest absolute Gasteiger partial charge is 0.366 e. The minimum Gasteiger partial charge on any atom is -0.366 e. The van der Waals surface area contributed by atoms with Gasteiger partial charge in [0.05, 0.1) is 11.3 Å². The summed E-state index contributed by atoms with van der Waals surface area (Å²) >= 11 is 5.78. The van der Waals surface area contributed by atoms with E-state index < -0.39 is 5.91 Å². The van der Waals surface area contributed by atoms with E-state index in [-0.39, 0.29) is 0 Å². The first-order valence-corrected chi connectivity index (χ1v) is 5.06. The molecule has 0 atom stereocenters. The summed E-state index contributed by atoms with van der Waals surface area (Å²) in [6, 6.07) is 10.7. The molecule has 1 aromatic heterocycles. The van der Waals surface area contributed by atoms with E-state index in [4.69, 9.17) is 17.3 Å². The Labute approximate surface area is 97.9 Å². The molecule has 80 valence electrons. The number of rotatable bonds is 2. The van der Waals surface area contributed by atoms with Crippen LogP contribution in [0.25, 0.3) is 11.3 Å². The highest BCUT2D eigenvalue weighted by Crippen LogP contribution is 2.19. The number of nitrogens with two attached hydrogens (primary N) is 1. The van der Waals surface area contributed by atoms with Gasteiger partial charge in [0.15, 0.2) is 0 Å². The Balaban J connectivity index is 2.34. The molecular weight excluding hydrogens is 224 g/mol. The number of benzene rings is 1. The second-order valence-corrected chi connectivity index (χ2v) is 3.74. The van der Waals surface area contributed by atoms with Gasteiger partial charge >= 0.3 is 0 Å². The molecule has 0 bridgehead atoms. The Bertz CT molecular complexity index is 506. The predicted octanol–water partition coefficient (Wildman–Crippen LogP) is 2.50. The lowest BCUT2D eigenvalue weighted by atomic mass is 10.1. The number of hydrogen-bond acceptors (Lipinski definition) is 2. The molecule has 16 heavy (non-hydrogen) atoms. The Morgan fingerprint density at radius 1 is 1.12 bits per heavy atom. The van der Waals surface area contributed by atoms with Crippen molar-refractivity contribution in [2.45, 2.75) is 0 Å². The fraction of sp³-hybridized carbons (Fsp3) is 0. The molecule has 3 nitrogen and oxygen atoms in total. The summed E-state index contributed by atoms with van der Waals surface area (Å²) in [5.74, 6) is -0.477. The van der Waals surface area contributed by atoms with Crippen molar-refractivity contribution in [3.8, 4) is 11.3 Å². The van der Waals surface area contributed by atoms with E-state index >= 15 is 0 Å². The smallest absolute Gasteiger partial charge is 0.250 e. The summed E-state index contributed by atoms with van der Waals surface area (Å²) in [4.78, 5) is 15.0. The van der Waals surface area contributed by atoms with Crippen LogP contribution in [0.2, 0.25) is 5.02 Å². The van der Waals surface area contributed by atoms with Crippen LogP contribution >= 0.6 is 11.6 Å². The van der Waals surface area contributed by atoms with Crippen molar-refractivity contribution < 1.29 is 4.79 Å². The first-order valence-electron chi connectivity index (χ1n) is 4.68. The Morgan fingerprint density at radius 2 is 1.81 bits per heavy atom. The molecule has 0 aliphatic carbocycles. The van der Waals surface area contributed by atoms with E-state index in [1.165, 1.54) is 6.20 Å². The number of primary amides is 1. The number of hydrogen-bond donors (Lipinski definition) is 1. The molecule has 1 aromatic carbocycles. The minimum atomic E-state index is -0.477. The molecular formula is C12H9ClN2O. The third-order valence-electron chi connectivity index (χ3n) is 2.19. The highest BCUT2D eigenvalue weighted by Gasteiger charge is 2.02. The van der Waals surface area contributed by atoms with Crippen molar-refractivity contribution in [3.05, 3.63) is 53.2 Å². The van der Waals surface area contributed by atoms with E-state index in [0.717, 1.165) is 11.3 Å². The predicted molar refractivity (Wildman–Crippen MR) is 63.2 cm³/mol. The normalized spacial score (nSPS) is 10.1. The van der Waals surface area contributed by atoms with Crippen molar-refractivity contribution in [2.75, 3.05) is 0 Å². The molecule has 1 amide bonds. The second kappa shape index (κ2) is 4.33. The molecule has 2 rings (SSSR count). The van der Waals surface area contributed by atoms with Gasteiger partial charge in [-0.1, -0.05) is 23.7 Å². The third-order valence-corrected chi connectivity index (χ3v) is 2.44. The highest BCUT2D eigenvalue weighted by atomic mass is 35.5. The Morgan fingerprint density at radius 3 is 2.31 bits per heavy atom. The van der Waals surface area contributed by atoms with Crippen LogP contribution in [-0.2, 0) is 0 Å². The average Bonchev–Trinajstić information content (AvgIpc) is 2.30. The topological polar surface area (TPSA) is 56.0 Å². The highest BCUT2D eigenvalue weighted by molar-refractivity contribution is 6.30. The van der Waals surface area contributed by atoms with Gasteiger partial charge in [0.25, 0.3) is 0 Å². The van der Waals surface area contributed by atoms with Crippen molar-refractivity contribution in [1.82, 2.24) is 4.98 Å². The number of nitrogens with zero attached hydrogens (tertiary/aromatic N) is 1. The molecule has 0 aliphatic rings. The Kier molecular flexibility index (Phi) is 2.88. The summed E-state index contributed by atoms with van der Waals surface area (Å²) in [6.07, 6.45) is 1.46. The molecule has 0 fully saturated rings. The van der Waals surface area contributed by atoms with E-state index in [0.29, 0.717) is 10.6 Å². The molecule has 0 saturated heterocycles. The molecule has 0 unspecified atom stereocenters. The summed E-state index contributed by atoms with van der Waals surface area (Å²) in [5.41, 5.74) is 7.25. The average molecular weight is 233 g/mol. The van der Waals surface area contributed by atoms with Gasteiger partial charge in [-0.15, -0.1) is 0 Å². The number of halogens is 1. The number of carbonyl (C=O) groups is 1. The van der Waals surface area contributed by atoms with Crippen molar-refractivity contribution in [1.29, 1.82) is 0 Å². The van der Waals surface area contributed by atoms with Gasteiger partial charge in [-0.25, -0.2) is 0 Å². The SMILES string of the molecule is NC(=O)c1ccc(-c2ccc(Cl)cc2)nc1. The summed E-state index contributed by atoms with van der Waals surface area (Å²) in [5, 5.41) is 0.678. The zero-order chi connectivity index (χ0) is 11.5. The van der Waals surface area contributed by atoms with Gasteiger partial charge < -0.3 is 5.73 Å². The first-order chi connectivity index (χ1) is 7.66. The number of pyridine rings is 1. The van der Waals surface area contributed by atoms with Crippen molar-refractivity contribution in [3.63, 3.8) is 0 Å².